The highest BCUT2D eigenvalue weighted by Gasteiger charge is 2.45. The first-order valence-corrected chi connectivity index (χ1v) is 13.8. The highest BCUT2D eigenvalue weighted by molar-refractivity contribution is 6.25. The molecule has 1 aromatic heterocycles. The van der Waals surface area contributed by atoms with Gasteiger partial charge in [0.2, 0.25) is 11.8 Å². The molecule has 2 aromatic carbocycles. The molecule has 2 fully saturated rings. The molecule has 10 heteroatoms. The Kier molecular flexibility index (Phi) is 6.93. The van der Waals surface area contributed by atoms with Crippen molar-refractivity contribution in [1.29, 1.82) is 0 Å². The number of likely N-dealkylation sites (tertiary alicyclic amines) is 1. The zero-order valence-corrected chi connectivity index (χ0v) is 22.4. The van der Waals surface area contributed by atoms with Crippen LogP contribution in [0.3, 0.4) is 0 Å². The molecule has 4 amide bonds. The van der Waals surface area contributed by atoms with Gasteiger partial charge in [-0.15, -0.1) is 0 Å². The Morgan fingerprint density at radius 3 is 2.55 bits per heavy atom. The third-order valence-corrected chi connectivity index (χ3v) is 8.21. The lowest BCUT2D eigenvalue weighted by molar-refractivity contribution is -0.136. The molecule has 0 aliphatic carbocycles. The van der Waals surface area contributed by atoms with Crippen LogP contribution in [-0.2, 0) is 22.7 Å². The van der Waals surface area contributed by atoms with Gasteiger partial charge in [-0.3, -0.25) is 39.0 Å². The summed E-state index contributed by atoms with van der Waals surface area (Å²) in [5.74, 6) is -2.03. The molecule has 3 aromatic rings. The maximum atomic E-state index is 13.3. The predicted octanol–water partition coefficient (Wildman–Crippen LogP) is 3.04. The molecule has 40 heavy (non-hydrogen) atoms. The number of nitrogens with zero attached hydrogens (tertiary/aromatic N) is 4. The van der Waals surface area contributed by atoms with Crippen LogP contribution in [0.25, 0.3) is 0 Å². The second-order valence-electron chi connectivity index (χ2n) is 10.8. The number of carbonyl (C=O) groups excluding carboxylic acids is 4. The van der Waals surface area contributed by atoms with E-state index in [1.807, 2.05) is 18.5 Å². The van der Waals surface area contributed by atoms with Crippen LogP contribution in [-0.4, -0.2) is 62.3 Å². The van der Waals surface area contributed by atoms with E-state index in [9.17, 15) is 19.2 Å². The van der Waals surface area contributed by atoms with Crippen molar-refractivity contribution in [2.45, 2.75) is 57.8 Å². The van der Waals surface area contributed by atoms with Crippen LogP contribution in [0.5, 0.6) is 0 Å². The van der Waals surface area contributed by atoms with Gasteiger partial charge in [-0.2, -0.15) is 5.10 Å². The van der Waals surface area contributed by atoms with Crippen molar-refractivity contribution in [1.82, 2.24) is 24.9 Å². The Morgan fingerprint density at radius 2 is 1.82 bits per heavy atom. The molecular formula is C30H32N6O4. The number of rotatable bonds is 7. The van der Waals surface area contributed by atoms with Crippen molar-refractivity contribution in [3.05, 3.63) is 82.7 Å². The standard InChI is InChI=1S/C30H32N6O4/c1-19-16-20(6-7-21(19)18-34-14-10-22(11-15-34)35-13-3-12-32-35)17-31-24-5-2-4-23-27(24)30(40)36(29(23)39)25-8-9-26(37)33-28(25)38/h2-7,12-13,16,22,25,31H,8-11,14-15,17-18H2,1H3,(H,33,37,38). The number of hydrogen-bond acceptors (Lipinski definition) is 7. The van der Waals surface area contributed by atoms with Crippen molar-refractivity contribution in [2.24, 2.45) is 0 Å². The zero-order valence-electron chi connectivity index (χ0n) is 22.4. The Morgan fingerprint density at radius 1 is 1.00 bits per heavy atom. The maximum Gasteiger partial charge on any atom is 0.264 e. The fourth-order valence-corrected chi connectivity index (χ4v) is 5.98. The Bertz CT molecular complexity index is 1480. The SMILES string of the molecule is Cc1cc(CNc2cccc3c2C(=O)N(C2CCC(=O)NC2=O)C3=O)ccc1CN1CCC(n2cccn2)CC1. The maximum absolute atomic E-state index is 13.3. The molecule has 1 atom stereocenters. The van der Waals surface area contributed by atoms with E-state index >= 15 is 0 Å². The van der Waals surface area contributed by atoms with Crippen LogP contribution in [0.1, 0.15) is 69.1 Å². The molecule has 0 radical (unpaired) electrons. The predicted molar refractivity (Wildman–Crippen MR) is 147 cm³/mol. The molecule has 0 saturated carbocycles. The van der Waals surface area contributed by atoms with Gasteiger partial charge in [-0.1, -0.05) is 24.3 Å². The molecule has 1 unspecified atom stereocenters. The molecule has 4 heterocycles. The summed E-state index contributed by atoms with van der Waals surface area (Å²) in [7, 11) is 0. The molecule has 6 rings (SSSR count). The van der Waals surface area contributed by atoms with E-state index in [0.29, 0.717) is 18.3 Å². The number of nitrogens with one attached hydrogen (secondary N) is 2. The van der Waals surface area contributed by atoms with Gasteiger partial charge in [0.25, 0.3) is 11.8 Å². The van der Waals surface area contributed by atoms with Gasteiger partial charge in [0.1, 0.15) is 6.04 Å². The first-order valence-electron chi connectivity index (χ1n) is 13.8. The molecule has 10 nitrogen and oxygen atoms in total. The lowest BCUT2D eigenvalue weighted by atomic mass is 10.0. The number of hydrogen-bond donors (Lipinski definition) is 2. The summed E-state index contributed by atoms with van der Waals surface area (Å²) in [6.45, 7) is 5.58. The van der Waals surface area contributed by atoms with Gasteiger partial charge in [0, 0.05) is 50.7 Å². The third-order valence-electron chi connectivity index (χ3n) is 8.21. The van der Waals surface area contributed by atoms with E-state index in [-0.39, 0.29) is 24.0 Å². The molecule has 206 valence electrons. The van der Waals surface area contributed by atoms with Crippen molar-refractivity contribution in [3.63, 3.8) is 0 Å². The van der Waals surface area contributed by atoms with Crippen molar-refractivity contribution < 1.29 is 19.2 Å². The first-order chi connectivity index (χ1) is 19.4. The third kappa shape index (κ3) is 4.90. The largest absolute Gasteiger partial charge is 0.380 e. The van der Waals surface area contributed by atoms with Crippen LogP contribution >= 0.6 is 0 Å². The number of aryl methyl sites for hydroxylation is 1. The minimum absolute atomic E-state index is 0.0911. The van der Waals surface area contributed by atoms with Crippen LogP contribution in [0.4, 0.5) is 5.69 Å². The number of carbonyl (C=O) groups is 4. The van der Waals surface area contributed by atoms with Gasteiger partial charge >= 0.3 is 0 Å². The lowest BCUT2D eigenvalue weighted by Gasteiger charge is -2.32. The minimum Gasteiger partial charge on any atom is -0.380 e. The van der Waals surface area contributed by atoms with Gasteiger partial charge in [0.15, 0.2) is 0 Å². The quantitative estimate of drug-likeness (QED) is 0.443. The van der Waals surface area contributed by atoms with E-state index in [1.54, 1.807) is 18.2 Å². The van der Waals surface area contributed by atoms with Crippen LogP contribution < -0.4 is 10.6 Å². The Labute approximate surface area is 232 Å². The molecule has 3 aliphatic heterocycles. The summed E-state index contributed by atoms with van der Waals surface area (Å²) in [5.41, 5.74) is 4.65. The minimum atomic E-state index is -0.982. The smallest absolute Gasteiger partial charge is 0.264 e. The second-order valence-corrected chi connectivity index (χ2v) is 10.8. The summed E-state index contributed by atoms with van der Waals surface area (Å²) < 4.78 is 2.07. The first kappa shape index (κ1) is 25.9. The summed E-state index contributed by atoms with van der Waals surface area (Å²) >= 11 is 0. The second kappa shape index (κ2) is 10.7. The highest BCUT2D eigenvalue weighted by Crippen LogP contribution is 2.33. The van der Waals surface area contributed by atoms with Crippen LogP contribution in [0, 0.1) is 6.92 Å². The van der Waals surface area contributed by atoms with Crippen LogP contribution in [0.2, 0.25) is 0 Å². The Hall–Kier alpha value is -4.31. The number of benzene rings is 2. The van der Waals surface area contributed by atoms with Gasteiger partial charge in [-0.05, 0) is 61.1 Å². The Balaban J connectivity index is 1.10. The number of fused-ring (bicyclic) bond motifs is 1. The number of aromatic nitrogens is 2. The lowest BCUT2D eigenvalue weighted by Crippen LogP contribution is -2.54. The molecule has 3 aliphatic rings. The molecule has 0 bridgehead atoms. The molecule has 2 N–H and O–H groups in total. The van der Waals surface area contributed by atoms with Gasteiger partial charge in [-0.25, -0.2) is 0 Å². The van der Waals surface area contributed by atoms with Crippen molar-refractivity contribution >= 4 is 29.3 Å². The number of piperidine rings is 2. The van der Waals surface area contributed by atoms with Gasteiger partial charge in [0.05, 0.1) is 17.2 Å². The fourth-order valence-electron chi connectivity index (χ4n) is 5.98. The van der Waals surface area contributed by atoms with Gasteiger partial charge < -0.3 is 5.32 Å². The highest BCUT2D eigenvalue weighted by atomic mass is 16.2. The van der Waals surface area contributed by atoms with Crippen molar-refractivity contribution in [3.8, 4) is 0 Å². The van der Waals surface area contributed by atoms with E-state index in [4.69, 9.17) is 0 Å². The summed E-state index contributed by atoms with van der Waals surface area (Å²) in [6, 6.07) is 13.0. The number of imide groups is 2. The number of anilines is 1. The normalized spacial score (nSPS) is 20.1. The monoisotopic (exact) mass is 540 g/mol. The topological polar surface area (TPSA) is 117 Å². The van der Waals surface area contributed by atoms with E-state index < -0.39 is 29.7 Å². The molecule has 0 spiro atoms. The summed E-state index contributed by atoms with van der Waals surface area (Å²) in [4.78, 5) is 53.8. The molecule has 2 saturated heterocycles. The van der Waals surface area contributed by atoms with Crippen LogP contribution in [0.15, 0.2) is 54.9 Å². The molecular weight excluding hydrogens is 508 g/mol. The zero-order chi connectivity index (χ0) is 27.8. The van der Waals surface area contributed by atoms with Crippen molar-refractivity contribution in [2.75, 3.05) is 18.4 Å². The average Bonchev–Trinajstić information content (AvgIpc) is 3.57. The fraction of sp³-hybridized carbons (Fsp3) is 0.367. The van der Waals surface area contributed by atoms with E-state index in [1.165, 1.54) is 11.1 Å². The number of amides is 4. The summed E-state index contributed by atoms with van der Waals surface area (Å²) in [5, 5.41) is 9.96. The van der Waals surface area contributed by atoms with E-state index in [0.717, 1.165) is 42.9 Å². The average molecular weight is 541 g/mol. The summed E-state index contributed by atoms with van der Waals surface area (Å²) in [6.07, 6.45) is 6.28. The van der Waals surface area contributed by atoms with E-state index in [2.05, 4.69) is 50.4 Å².